The number of rotatable bonds is 8. The molecule has 0 aliphatic carbocycles. The number of carbonyl (C=O) groups is 1. The Morgan fingerprint density at radius 3 is 2.59 bits per heavy atom. The van der Waals surface area contributed by atoms with Crippen molar-refractivity contribution in [3.63, 3.8) is 0 Å². The summed E-state index contributed by atoms with van der Waals surface area (Å²) in [4.78, 5) is 26.3. The highest BCUT2D eigenvalue weighted by Crippen LogP contribution is 2.17. The number of nitro groups is 1. The molecule has 8 nitrogen and oxygen atoms in total. The topological polar surface area (TPSA) is 111 Å². The van der Waals surface area contributed by atoms with E-state index in [1.54, 1.807) is 12.1 Å². The van der Waals surface area contributed by atoms with E-state index in [9.17, 15) is 14.9 Å². The lowest BCUT2D eigenvalue weighted by atomic mass is 10.2. The van der Waals surface area contributed by atoms with Crippen LogP contribution in [0.5, 0.6) is 0 Å². The lowest BCUT2D eigenvalue weighted by molar-refractivity contribution is -0.384. The maximum Gasteiger partial charge on any atom is 0.269 e. The van der Waals surface area contributed by atoms with Gasteiger partial charge in [0.15, 0.2) is 0 Å². The minimum atomic E-state index is -0.439. The normalized spacial score (nSPS) is 10.5. The van der Waals surface area contributed by atoms with Crippen LogP contribution in [-0.4, -0.2) is 26.7 Å². The van der Waals surface area contributed by atoms with Crippen molar-refractivity contribution in [1.29, 1.82) is 0 Å². The first-order valence-corrected chi connectivity index (χ1v) is 9.23. The number of thioether (sulfide) groups is 1. The number of aromatic nitrogens is 2. The summed E-state index contributed by atoms with van der Waals surface area (Å²) in [7, 11) is 0. The van der Waals surface area contributed by atoms with Gasteiger partial charge in [0, 0.05) is 23.4 Å². The van der Waals surface area contributed by atoms with Gasteiger partial charge in [0.2, 0.25) is 17.6 Å². The molecule has 1 amide bonds. The number of carbonyl (C=O) groups excluding carboxylic acids is 1. The summed E-state index contributed by atoms with van der Waals surface area (Å²) in [6.07, 6.45) is 0. The number of nitrogens with zero attached hydrogens (tertiary/aromatic N) is 3. The molecular weight excluding hydrogens is 368 g/mol. The van der Waals surface area contributed by atoms with Crippen LogP contribution in [0.3, 0.4) is 0 Å². The van der Waals surface area contributed by atoms with E-state index >= 15 is 0 Å². The number of amides is 1. The highest BCUT2D eigenvalue weighted by atomic mass is 32.2. The maximum absolute atomic E-state index is 11.9. The van der Waals surface area contributed by atoms with Crippen LogP contribution in [0.25, 0.3) is 11.4 Å². The van der Waals surface area contributed by atoms with E-state index in [1.807, 2.05) is 30.3 Å². The summed E-state index contributed by atoms with van der Waals surface area (Å²) in [5.74, 6) is 1.51. The Bertz CT molecular complexity index is 913. The predicted octanol–water partition coefficient (Wildman–Crippen LogP) is 3.19. The van der Waals surface area contributed by atoms with Crippen molar-refractivity contribution in [3.05, 3.63) is 76.2 Å². The van der Waals surface area contributed by atoms with Gasteiger partial charge in [-0.15, -0.1) is 11.8 Å². The van der Waals surface area contributed by atoms with Crippen LogP contribution < -0.4 is 5.32 Å². The molecule has 138 valence electrons. The number of benzene rings is 2. The molecule has 1 N–H and O–H groups in total. The Hall–Kier alpha value is -3.20. The van der Waals surface area contributed by atoms with E-state index < -0.39 is 4.92 Å². The van der Waals surface area contributed by atoms with Gasteiger partial charge in [0.25, 0.3) is 5.69 Å². The molecule has 0 aliphatic heterocycles. The fourth-order valence-electron chi connectivity index (χ4n) is 2.23. The number of nitrogens with one attached hydrogen (secondary N) is 1. The van der Waals surface area contributed by atoms with Crippen molar-refractivity contribution in [2.75, 3.05) is 5.75 Å². The molecule has 0 fully saturated rings. The largest absolute Gasteiger partial charge is 0.346 e. The zero-order valence-corrected chi connectivity index (χ0v) is 15.0. The van der Waals surface area contributed by atoms with E-state index in [1.165, 1.54) is 23.9 Å². The molecule has 0 aliphatic rings. The number of hydrogen-bond donors (Lipinski definition) is 1. The van der Waals surface area contributed by atoms with Gasteiger partial charge in [0.1, 0.15) is 0 Å². The van der Waals surface area contributed by atoms with Crippen LogP contribution in [0, 0.1) is 10.1 Å². The number of hydrogen-bond acceptors (Lipinski definition) is 7. The Morgan fingerprint density at radius 2 is 1.89 bits per heavy atom. The zero-order valence-electron chi connectivity index (χ0n) is 14.2. The zero-order chi connectivity index (χ0) is 19.1. The molecule has 0 atom stereocenters. The molecule has 0 spiro atoms. The maximum atomic E-state index is 11.9. The van der Waals surface area contributed by atoms with Crippen molar-refractivity contribution < 1.29 is 14.2 Å². The van der Waals surface area contributed by atoms with Crippen LogP contribution in [0.2, 0.25) is 0 Å². The van der Waals surface area contributed by atoms with Gasteiger partial charge in [-0.05, 0) is 5.56 Å². The van der Waals surface area contributed by atoms with Gasteiger partial charge in [-0.25, -0.2) is 0 Å². The van der Waals surface area contributed by atoms with Gasteiger partial charge < -0.3 is 9.84 Å². The average Bonchev–Trinajstić information content (AvgIpc) is 3.16. The van der Waals surface area contributed by atoms with Crippen molar-refractivity contribution in [2.24, 2.45) is 0 Å². The van der Waals surface area contributed by atoms with Crippen LogP contribution in [0.15, 0.2) is 59.1 Å². The van der Waals surface area contributed by atoms with Crippen molar-refractivity contribution in [2.45, 2.75) is 12.3 Å². The summed E-state index contributed by atoms with van der Waals surface area (Å²) < 4.78 is 5.14. The fourth-order valence-corrected chi connectivity index (χ4v) is 3.05. The molecule has 27 heavy (non-hydrogen) atoms. The fraction of sp³-hybridized carbons (Fsp3) is 0.167. The molecule has 0 saturated carbocycles. The second kappa shape index (κ2) is 8.95. The summed E-state index contributed by atoms with van der Waals surface area (Å²) in [6.45, 7) is 0.163. The second-order valence-electron chi connectivity index (χ2n) is 5.57. The number of non-ortho nitro benzene ring substituents is 1. The van der Waals surface area contributed by atoms with Crippen molar-refractivity contribution in [1.82, 2.24) is 15.5 Å². The highest BCUT2D eigenvalue weighted by Gasteiger charge is 2.10. The van der Waals surface area contributed by atoms with Crippen molar-refractivity contribution >= 4 is 23.4 Å². The number of nitro benzene ring substituents is 1. The Kier molecular flexibility index (Phi) is 6.16. The summed E-state index contributed by atoms with van der Waals surface area (Å²) in [6, 6.07) is 15.7. The lowest BCUT2D eigenvalue weighted by Gasteiger charge is -2.03. The SMILES string of the molecule is O=C(CSCc1ccc([N+](=O)[O-])cc1)NCc1nc(-c2ccccc2)no1. The molecule has 1 aromatic heterocycles. The summed E-state index contributed by atoms with van der Waals surface area (Å²) in [5.41, 5.74) is 1.82. The minimum Gasteiger partial charge on any atom is -0.346 e. The van der Waals surface area contributed by atoms with E-state index in [0.717, 1.165) is 11.1 Å². The molecule has 3 aromatic rings. The predicted molar refractivity (Wildman–Crippen MR) is 101 cm³/mol. The third-order valence-corrected chi connectivity index (χ3v) is 4.59. The van der Waals surface area contributed by atoms with E-state index in [0.29, 0.717) is 17.5 Å². The minimum absolute atomic E-state index is 0.0518. The molecule has 9 heteroatoms. The van der Waals surface area contributed by atoms with Gasteiger partial charge in [-0.3, -0.25) is 14.9 Å². The molecule has 0 bridgehead atoms. The van der Waals surface area contributed by atoms with Gasteiger partial charge in [-0.1, -0.05) is 47.6 Å². The standard InChI is InChI=1S/C18H16N4O4S/c23-16(12-27-11-13-6-8-15(9-7-13)22(24)25)19-10-17-20-18(21-26-17)14-4-2-1-3-5-14/h1-9H,10-12H2,(H,19,23). The van der Waals surface area contributed by atoms with Gasteiger partial charge in [-0.2, -0.15) is 4.98 Å². The lowest BCUT2D eigenvalue weighted by Crippen LogP contribution is -2.24. The summed E-state index contributed by atoms with van der Waals surface area (Å²) in [5, 5.41) is 17.2. The van der Waals surface area contributed by atoms with Crippen molar-refractivity contribution in [3.8, 4) is 11.4 Å². The van der Waals surface area contributed by atoms with E-state index in [4.69, 9.17) is 4.52 Å². The van der Waals surface area contributed by atoms with Crippen LogP contribution in [-0.2, 0) is 17.1 Å². The third kappa shape index (κ3) is 5.38. The van der Waals surface area contributed by atoms with Crippen LogP contribution >= 0.6 is 11.8 Å². The third-order valence-electron chi connectivity index (χ3n) is 3.59. The molecule has 0 saturated heterocycles. The highest BCUT2D eigenvalue weighted by molar-refractivity contribution is 7.99. The quantitative estimate of drug-likeness (QED) is 0.469. The van der Waals surface area contributed by atoms with E-state index in [-0.39, 0.29) is 23.9 Å². The molecule has 3 rings (SSSR count). The summed E-state index contributed by atoms with van der Waals surface area (Å²) >= 11 is 1.42. The first kappa shape index (κ1) is 18.6. The smallest absolute Gasteiger partial charge is 0.269 e. The second-order valence-corrected chi connectivity index (χ2v) is 6.56. The average molecular weight is 384 g/mol. The van der Waals surface area contributed by atoms with Crippen LogP contribution in [0.4, 0.5) is 5.69 Å². The van der Waals surface area contributed by atoms with E-state index in [2.05, 4.69) is 15.5 Å². The molecule has 1 heterocycles. The molecule has 0 unspecified atom stereocenters. The molecular formula is C18H16N4O4S. The Balaban J connectivity index is 1.41. The van der Waals surface area contributed by atoms with Gasteiger partial charge >= 0.3 is 0 Å². The first-order chi connectivity index (χ1) is 13.1. The Morgan fingerprint density at radius 1 is 1.15 bits per heavy atom. The van der Waals surface area contributed by atoms with Crippen LogP contribution in [0.1, 0.15) is 11.5 Å². The molecule has 2 aromatic carbocycles. The Labute approximate surface area is 159 Å². The first-order valence-electron chi connectivity index (χ1n) is 8.07. The van der Waals surface area contributed by atoms with Gasteiger partial charge in [0.05, 0.1) is 17.2 Å². The monoisotopic (exact) mass is 384 g/mol. The molecule has 0 radical (unpaired) electrons.